The van der Waals surface area contributed by atoms with Gasteiger partial charge in [0.15, 0.2) is 0 Å². The van der Waals surface area contributed by atoms with E-state index in [1.807, 2.05) is 13.8 Å². The first-order valence-corrected chi connectivity index (χ1v) is 9.85. The van der Waals surface area contributed by atoms with Gasteiger partial charge in [0.25, 0.3) is 0 Å². The lowest BCUT2D eigenvalue weighted by atomic mass is 9.82. The van der Waals surface area contributed by atoms with Crippen molar-refractivity contribution in [1.29, 1.82) is 0 Å². The number of rotatable bonds is 5. The molecule has 8 nitrogen and oxygen atoms in total. The summed E-state index contributed by atoms with van der Waals surface area (Å²) in [4.78, 5) is 32.9. The molecule has 28 heavy (non-hydrogen) atoms. The van der Waals surface area contributed by atoms with Crippen LogP contribution in [0.4, 0.5) is 0 Å². The molecule has 1 N–H and O–H groups in total. The van der Waals surface area contributed by atoms with Gasteiger partial charge in [0, 0.05) is 25.9 Å². The van der Waals surface area contributed by atoms with Crippen molar-refractivity contribution in [2.24, 2.45) is 17.8 Å². The lowest BCUT2D eigenvalue weighted by Crippen LogP contribution is -2.38. The predicted molar refractivity (Wildman–Crippen MR) is 101 cm³/mol. The van der Waals surface area contributed by atoms with E-state index in [-0.39, 0.29) is 36.6 Å². The zero-order chi connectivity index (χ0) is 21.3. The van der Waals surface area contributed by atoms with Crippen LogP contribution in [0.2, 0.25) is 0 Å². The monoisotopic (exact) mass is 402 g/mol. The van der Waals surface area contributed by atoms with Gasteiger partial charge in [-0.1, -0.05) is 6.92 Å². The molecule has 0 bridgehead atoms. The number of hydrogen-bond acceptors (Lipinski definition) is 7. The van der Waals surface area contributed by atoms with E-state index >= 15 is 0 Å². The first kappa shape index (κ1) is 24.4. The van der Waals surface area contributed by atoms with Gasteiger partial charge in [-0.2, -0.15) is 0 Å². The summed E-state index contributed by atoms with van der Waals surface area (Å²) in [6.45, 7) is 8.70. The van der Waals surface area contributed by atoms with Crippen molar-refractivity contribution >= 4 is 17.9 Å². The van der Waals surface area contributed by atoms with Crippen molar-refractivity contribution in [1.82, 2.24) is 0 Å². The molecule has 0 saturated carbocycles. The molecule has 0 aromatic heterocycles. The third kappa shape index (κ3) is 8.14. The van der Waals surface area contributed by atoms with Gasteiger partial charge in [-0.15, -0.1) is 0 Å². The van der Waals surface area contributed by atoms with E-state index in [2.05, 4.69) is 11.7 Å². The Balaban J connectivity index is 0.000000292. The van der Waals surface area contributed by atoms with Crippen LogP contribution in [-0.2, 0) is 33.3 Å². The van der Waals surface area contributed by atoms with Gasteiger partial charge in [-0.25, -0.2) is 0 Å². The number of ether oxygens (including phenoxy) is 4. The Hall–Kier alpha value is -1.67. The highest BCUT2D eigenvalue weighted by Gasteiger charge is 2.34. The lowest BCUT2D eigenvalue weighted by molar-refractivity contribution is -0.159. The highest BCUT2D eigenvalue weighted by Crippen LogP contribution is 2.29. The van der Waals surface area contributed by atoms with Crippen LogP contribution in [0.3, 0.4) is 0 Å². The fourth-order valence-corrected chi connectivity index (χ4v) is 3.58. The third-order valence-electron chi connectivity index (χ3n) is 5.45. The molecular weight excluding hydrogens is 368 g/mol. The number of carbonyl (C=O) groups is 3. The Morgan fingerprint density at radius 2 is 1.75 bits per heavy atom. The number of carboxylic acids is 1. The lowest BCUT2D eigenvalue weighted by Gasteiger charge is -2.33. The second-order valence-corrected chi connectivity index (χ2v) is 7.56. The van der Waals surface area contributed by atoms with Crippen LogP contribution in [0.5, 0.6) is 0 Å². The third-order valence-corrected chi connectivity index (χ3v) is 5.45. The second kappa shape index (κ2) is 12.0. The minimum absolute atomic E-state index is 0.000324. The van der Waals surface area contributed by atoms with E-state index in [1.54, 1.807) is 0 Å². The first-order chi connectivity index (χ1) is 13.1. The number of aliphatic carboxylic acids is 1. The number of carbonyl (C=O) groups excluding carboxylic acids is 2. The minimum Gasteiger partial charge on any atom is -0.481 e. The second-order valence-electron chi connectivity index (χ2n) is 7.56. The molecule has 162 valence electrons. The van der Waals surface area contributed by atoms with Gasteiger partial charge in [0.2, 0.25) is 0 Å². The molecule has 0 aromatic rings. The Bertz CT molecular complexity index is 520. The Morgan fingerprint density at radius 1 is 1.11 bits per heavy atom. The fraction of sp³-hybridized carbons (Fsp3) is 0.850. The molecule has 2 heterocycles. The van der Waals surface area contributed by atoms with Crippen molar-refractivity contribution in [3.8, 4) is 0 Å². The summed E-state index contributed by atoms with van der Waals surface area (Å²) in [6, 6.07) is 0. The van der Waals surface area contributed by atoms with E-state index in [0.29, 0.717) is 32.0 Å². The Labute approximate surface area is 166 Å². The number of hydrogen-bond donors (Lipinski definition) is 1. The number of esters is 2. The maximum atomic E-state index is 11.1. The normalized spacial score (nSPS) is 31.0. The van der Waals surface area contributed by atoms with Gasteiger partial charge in [-0.3, -0.25) is 14.4 Å². The van der Waals surface area contributed by atoms with Gasteiger partial charge >= 0.3 is 17.9 Å². The van der Waals surface area contributed by atoms with Crippen LogP contribution in [0.25, 0.3) is 0 Å². The van der Waals surface area contributed by atoms with E-state index < -0.39 is 17.9 Å². The SMILES string of the molecule is CC(=O)O[C@H]1CCO[C@@H](C)[C@@H]1C.COC(=O)CC(C(=O)O)[C@@H]1CCO[C@@H](C)C1. The van der Waals surface area contributed by atoms with Crippen LogP contribution in [0.1, 0.15) is 53.4 Å². The van der Waals surface area contributed by atoms with Crippen molar-refractivity contribution in [3.05, 3.63) is 0 Å². The average Bonchev–Trinajstić information content (AvgIpc) is 2.63. The molecule has 0 radical (unpaired) electrons. The summed E-state index contributed by atoms with van der Waals surface area (Å²) < 4.78 is 20.4. The van der Waals surface area contributed by atoms with Crippen molar-refractivity contribution in [3.63, 3.8) is 0 Å². The van der Waals surface area contributed by atoms with E-state index in [1.165, 1.54) is 14.0 Å². The fourth-order valence-electron chi connectivity index (χ4n) is 3.58. The molecule has 2 rings (SSSR count). The Morgan fingerprint density at radius 3 is 2.29 bits per heavy atom. The maximum Gasteiger partial charge on any atom is 0.307 e. The van der Waals surface area contributed by atoms with E-state index in [4.69, 9.17) is 19.3 Å². The predicted octanol–water partition coefficient (Wildman–Crippen LogP) is 2.43. The standard InChI is InChI=1S/C11H18O5.C9H16O3/c1-7-5-8(3-4-16-7)9(11(13)14)6-10(12)15-2;1-6-7(2)11-5-4-9(6)12-8(3)10/h7-9H,3-6H2,1-2H3,(H,13,14);6-7,9H,4-5H2,1-3H3/t7-,8+,9?;6-,7-,9-/m00/s1. The molecule has 0 aliphatic carbocycles. The summed E-state index contributed by atoms with van der Waals surface area (Å²) in [5.74, 6) is -1.93. The summed E-state index contributed by atoms with van der Waals surface area (Å²) in [5, 5.41) is 9.11. The zero-order valence-corrected chi connectivity index (χ0v) is 17.5. The summed E-state index contributed by atoms with van der Waals surface area (Å²) >= 11 is 0. The molecule has 0 aromatic carbocycles. The smallest absolute Gasteiger partial charge is 0.307 e. The number of carboxylic acid groups (broad SMARTS) is 1. The summed E-state index contributed by atoms with van der Waals surface area (Å²) in [6.07, 6.45) is 2.47. The van der Waals surface area contributed by atoms with Gasteiger partial charge in [0.05, 0.1) is 38.3 Å². The molecule has 8 heteroatoms. The molecule has 2 aliphatic heterocycles. The average molecular weight is 402 g/mol. The number of methoxy groups -OCH3 is 1. The Kier molecular flexibility index (Phi) is 10.5. The van der Waals surface area contributed by atoms with Gasteiger partial charge in [-0.05, 0) is 32.6 Å². The van der Waals surface area contributed by atoms with Crippen LogP contribution in [0.15, 0.2) is 0 Å². The topological polar surface area (TPSA) is 108 Å². The van der Waals surface area contributed by atoms with Gasteiger partial charge < -0.3 is 24.1 Å². The molecule has 0 spiro atoms. The minimum atomic E-state index is -0.926. The first-order valence-electron chi connectivity index (χ1n) is 9.85. The van der Waals surface area contributed by atoms with Crippen LogP contribution in [0, 0.1) is 17.8 Å². The molecule has 6 atom stereocenters. The highest BCUT2D eigenvalue weighted by atomic mass is 16.6. The van der Waals surface area contributed by atoms with E-state index in [0.717, 1.165) is 6.42 Å². The van der Waals surface area contributed by atoms with Crippen molar-refractivity contribution in [2.45, 2.75) is 71.7 Å². The van der Waals surface area contributed by atoms with Crippen molar-refractivity contribution in [2.75, 3.05) is 20.3 Å². The molecule has 1 unspecified atom stereocenters. The molecular formula is C20H34O8. The highest BCUT2D eigenvalue weighted by molar-refractivity contribution is 5.79. The summed E-state index contributed by atoms with van der Waals surface area (Å²) in [5.41, 5.74) is 0. The largest absolute Gasteiger partial charge is 0.481 e. The van der Waals surface area contributed by atoms with Gasteiger partial charge in [0.1, 0.15) is 6.10 Å². The van der Waals surface area contributed by atoms with Crippen LogP contribution >= 0.6 is 0 Å². The quantitative estimate of drug-likeness (QED) is 0.699. The zero-order valence-electron chi connectivity index (χ0n) is 17.5. The molecule has 2 aliphatic rings. The van der Waals surface area contributed by atoms with Crippen LogP contribution in [-0.4, -0.2) is 61.6 Å². The van der Waals surface area contributed by atoms with E-state index in [9.17, 15) is 14.4 Å². The molecule has 2 saturated heterocycles. The molecule has 0 amide bonds. The van der Waals surface area contributed by atoms with Crippen molar-refractivity contribution < 1.29 is 38.4 Å². The summed E-state index contributed by atoms with van der Waals surface area (Å²) in [7, 11) is 1.27. The molecule has 2 fully saturated rings. The van der Waals surface area contributed by atoms with Crippen LogP contribution < -0.4 is 0 Å². The maximum absolute atomic E-state index is 11.1.